The van der Waals surface area contributed by atoms with E-state index in [2.05, 4.69) is 19.2 Å². The van der Waals surface area contributed by atoms with Gasteiger partial charge in [-0.1, -0.05) is 6.92 Å². The number of carbonyl (C=O) groups excluding carboxylic acids is 1. The highest BCUT2D eigenvalue weighted by atomic mass is 16.5. The van der Waals surface area contributed by atoms with Crippen LogP contribution in [0.3, 0.4) is 0 Å². The Hall–Kier alpha value is -0.610. The standard InChI is InChI=1S/C12H24N2O2/c1-6-12(4,16-5)11(15)14-7-9(2)13-10(3)8-14/h9-10,13H,6-8H2,1-5H3. The summed E-state index contributed by atoms with van der Waals surface area (Å²) in [7, 11) is 1.61. The third kappa shape index (κ3) is 2.74. The van der Waals surface area contributed by atoms with Crippen molar-refractivity contribution in [1.29, 1.82) is 0 Å². The van der Waals surface area contributed by atoms with Gasteiger partial charge in [0.15, 0.2) is 0 Å². The minimum atomic E-state index is -0.670. The van der Waals surface area contributed by atoms with Gasteiger partial charge >= 0.3 is 0 Å². The van der Waals surface area contributed by atoms with Crippen LogP contribution < -0.4 is 5.32 Å². The molecular weight excluding hydrogens is 204 g/mol. The van der Waals surface area contributed by atoms with E-state index in [1.54, 1.807) is 7.11 Å². The summed E-state index contributed by atoms with van der Waals surface area (Å²) in [4.78, 5) is 14.3. The van der Waals surface area contributed by atoms with Crippen LogP contribution in [0, 0.1) is 0 Å². The first-order valence-corrected chi connectivity index (χ1v) is 6.03. The fourth-order valence-corrected chi connectivity index (χ4v) is 2.21. The first kappa shape index (κ1) is 13.5. The molecule has 0 radical (unpaired) electrons. The molecule has 0 bridgehead atoms. The molecule has 16 heavy (non-hydrogen) atoms. The smallest absolute Gasteiger partial charge is 0.254 e. The van der Waals surface area contributed by atoms with Crippen LogP contribution in [0.25, 0.3) is 0 Å². The summed E-state index contributed by atoms with van der Waals surface area (Å²) in [5.74, 6) is 0.109. The number of amides is 1. The van der Waals surface area contributed by atoms with Crippen molar-refractivity contribution in [2.24, 2.45) is 0 Å². The van der Waals surface area contributed by atoms with E-state index in [4.69, 9.17) is 4.74 Å². The average Bonchev–Trinajstić information content (AvgIpc) is 2.25. The van der Waals surface area contributed by atoms with Crippen LogP contribution in [0.5, 0.6) is 0 Å². The van der Waals surface area contributed by atoms with Crippen LogP contribution in [-0.2, 0) is 9.53 Å². The molecule has 0 aromatic carbocycles. The highest BCUT2D eigenvalue weighted by molar-refractivity contribution is 5.85. The summed E-state index contributed by atoms with van der Waals surface area (Å²) in [5.41, 5.74) is -0.670. The number of hydrogen-bond acceptors (Lipinski definition) is 3. The van der Waals surface area contributed by atoms with Crippen LogP contribution in [0.4, 0.5) is 0 Å². The second-order valence-corrected chi connectivity index (χ2v) is 4.97. The quantitative estimate of drug-likeness (QED) is 0.784. The Morgan fingerprint density at radius 1 is 1.44 bits per heavy atom. The third-order valence-electron chi connectivity index (χ3n) is 3.42. The van der Waals surface area contributed by atoms with Crippen LogP contribution in [0.15, 0.2) is 0 Å². The molecule has 0 aliphatic carbocycles. The summed E-state index contributed by atoms with van der Waals surface area (Å²) < 4.78 is 5.36. The number of ether oxygens (including phenoxy) is 1. The Morgan fingerprint density at radius 2 is 1.94 bits per heavy atom. The predicted octanol–water partition coefficient (Wildman–Crippen LogP) is 1.01. The molecule has 1 heterocycles. The summed E-state index contributed by atoms with van der Waals surface area (Å²) >= 11 is 0. The molecular formula is C12H24N2O2. The van der Waals surface area contributed by atoms with Crippen LogP contribution in [0.2, 0.25) is 0 Å². The molecule has 3 atom stereocenters. The van der Waals surface area contributed by atoms with Gasteiger partial charge in [0.2, 0.25) is 0 Å². The molecule has 1 N–H and O–H groups in total. The fourth-order valence-electron chi connectivity index (χ4n) is 2.21. The number of carbonyl (C=O) groups is 1. The summed E-state index contributed by atoms with van der Waals surface area (Å²) in [5, 5.41) is 3.42. The Morgan fingerprint density at radius 3 is 2.31 bits per heavy atom. The topological polar surface area (TPSA) is 41.6 Å². The number of nitrogens with zero attached hydrogens (tertiary/aromatic N) is 1. The van der Waals surface area contributed by atoms with Crippen LogP contribution in [0.1, 0.15) is 34.1 Å². The summed E-state index contributed by atoms with van der Waals surface area (Å²) in [6, 6.07) is 0.705. The SMILES string of the molecule is CCC(C)(OC)C(=O)N1CC(C)NC(C)C1. The van der Waals surface area contributed by atoms with Gasteiger partial charge < -0.3 is 15.0 Å². The summed E-state index contributed by atoms with van der Waals surface area (Å²) in [6.45, 7) is 9.59. The molecule has 1 saturated heterocycles. The molecule has 4 nitrogen and oxygen atoms in total. The third-order valence-corrected chi connectivity index (χ3v) is 3.42. The van der Waals surface area contributed by atoms with Crippen LogP contribution in [-0.4, -0.2) is 48.7 Å². The van der Waals surface area contributed by atoms with E-state index in [0.717, 1.165) is 13.1 Å². The van der Waals surface area contributed by atoms with E-state index in [-0.39, 0.29) is 5.91 Å². The van der Waals surface area contributed by atoms with Crippen molar-refractivity contribution in [2.45, 2.75) is 51.8 Å². The van der Waals surface area contributed by atoms with Crippen molar-refractivity contribution < 1.29 is 9.53 Å². The van der Waals surface area contributed by atoms with E-state index in [1.807, 2.05) is 18.7 Å². The second-order valence-electron chi connectivity index (χ2n) is 4.97. The monoisotopic (exact) mass is 228 g/mol. The zero-order valence-corrected chi connectivity index (χ0v) is 11.0. The lowest BCUT2D eigenvalue weighted by atomic mass is 9.99. The molecule has 0 aromatic heterocycles. The van der Waals surface area contributed by atoms with Crippen molar-refractivity contribution in [2.75, 3.05) is 20.2 Å². The van der Waals surface area contributed by atoms with E-state index in [1.165, 1.54) is 0 Å². The molecule has 0 aromatic rings. The normalized spacial score (nSPS) is 29.9. The van der Waals surface area contributed by atoms with Crippen molar-refractivity contribution >= 4 is 5.91 Å². The zero-order valence-electron chi connectivity index (χ0n) is 11.0. The maximum Gasteiger partial charge on any atom is 0.254 e. The second kappa shape index (κ2) is 5.15. The molecule has 1 fully saturated rings. The highest BCUT2D eigenvalue weighted by Crippen LogP contribution is 2.19. The molecule has 1 aliphatic rings. The highest BCUT2D eigenvalue weighted by Gasteiger charge is 2.37. The molecule has 1 rings (SSSR count). The maximum absolute atomic E-state index is 12.3. The van der Waals surface area contributed by atoms with Crippen molar-refractivity contribution in [3.8, 4) is 0 Å². The molecule has 1 aliphatic heterocycles. The first-order chi connectivity index (χ1) is 7.42. The van der Waals surface area contributed by atoms with Gasteiger partial charge in [-0.25, -0.2) is 0 Å². The molecule has 0 spiro atoms. The molecule has 4 heteroatoms. The minimum Gasteiger partial charge on any atom is -0.369 e. The van der Waals surface area contributed by atoms with Gasteiger partial charge in [0.05, 0.1) is 0 Å². The Balaban J connectivity index is 2.73. The summed E-state index contributed by atoms with van der Waals surface area (Å²) in [6.07, 6.45) is 0.703. The number of nitrogens with one attached hydrogen (secondary N) is 1. The lowest BCUT2D eigenvalue weighted by Crippen LogP contribution is -2.60. The Labute approximate surface area is 98.3 Å². The first-order valence-electron chi connectivity index (χ1n) is 6.03. The predicted molar refractivity (Wildman–Crippen MR) is 64.3 cm³/mol. The van der Waals surface area contributed by atoms with Gasteiger partial charge in [-0.15, -0.1) is 0 Å². The van der Waals surface area contributed by atoms with Gasteiger partial charge in [0.25, 0.3) is 5.91 Å². The lowest BCUT2D eigenvalue weighted by molar-refractivity contribution is -0.155. The largest absolute Gasteiger partial charge is 0.369 e. The average molecular weight is 228 g/mol. The minimum absolute atomic E-state index is 0.109. The van der Waals surface area contributed by atoms with Gasteiger partial charge in [0, 0.05) is 32.3 Å². The molecule has 1 amide bonds. The van der Waals surface area contributed by atoms with Crippen LogP contribution >= 0.6 is 0 Å². The van der Waals surface area contributed by atoms with E-state index in [9.17, 15) is 4.79 Å². The maximum atomic E-state index is 12.3. The number of hydrogen-bond donors (Lipinski definition) is 1. The lowest BCUT2D eigenvalue weighted by Gasteiger charge is -2.40. The molecule has 94 valence electrons. The van der Waals surface area contributed by atoms with Gasteiger partial charge in [-0.2, -0.15) is 0 Å². The van der Waals surface area contributed by atoms with Crippen molar-refractivity contribution in [1.82, 2.24) is 10.2 Å². The molecule has 0 saturated carbocycles. The number of methoxy groups -OCH3 is 1. The van der Waals surface area contributed by atoms with Crippen molar-refractivity contribution in [3.05, 3.63) is 0 Å². The Kier molecular flexibility index (Phi) is 4.33. The van der Waals surface area contributed by atoms with E-state index in [0.29, 0.717) is 18.5 Å². The Bertz CT molecular complexity index is 241. The molecule has 3 unspecified atom stereocenters. The van der Waals surface area contributed by atoms with E-state index >= 15 is 0 Å². The number of rotatable bonds is 3. The fraction of sp³-hybridized carbons (Fsp3) is 0.917. The number of piperazine rings is 1. The van der Waals surface area contributed by atoms with Gasteiger partial charge in [-0.05, 0) is 27.2 Å². The van der Waals surface area contributed by atoms with Crippen molar-refractivity contribution in [3.63, 3.8) is 0 Å². The van der Waals surface area contributed by atoms with Gasteiger partial charge in [-0.3, -0.25) is 4.79 Å². The van der Waals surface area contributed by atoms with Gasteiger partial charge in [0.1, 0.15) is 5.60 Å². The zero-order chi connectivity index (χ0) is 12.3. The van der Waals surface area contributed by atoms with E-state index < -0.39 is 5.60 Å².